The number of tetrazole rings is 1. The van der Waals surface area contributed by atoms with E-state index in [9.17, 15) is 4.79 Å². The van der Waals surface area contributed by atoms with Crippen LogP contribution in [0.3, 0.4) is 0 Å². The van der Waals surface area contributed by atoms with E-state index in [2.05, 4.69) is 30.7 Å². The summed E-state index contributed by atoms with van der Waals surface area (Å²) >= 11 is 0. The predicted octanol–water partition coefficient (Wildman–Crippen LogP) is 1.86. The number of carbonyl (C=O) groups excluding carboxylic acids is 1. The van der Waals surface area contributed by atoms with E-state index in [1.165, 1.54) is 11.0 Å². The Morgan fingerprint density at radius 2 is 1.71 bits per heavy atom. The van der Waals surface area contributed by atoms with Gasteiger partial charge in [0.1, 0.15) is 0 Å². The van der Waals surface area contributed by atoms with Crippen LogP contribution in [0.2, 0.25) is 0 Å². The monoisotopic (exact) mass is 317 g/mol. The number of nitrogens with zero attached hydrogens (tertiary/aromatic N) is 6. The first kappa shape index (κ1) is 13.9. The van der Waals surface area contributed by atoms with Crippen LogP contribution in [-0.2, 0) is 0 Å². The Morgan fingerprint density at radius 3 is 2.54 bits per heavy atom. The number of benzene rings is 2. The maximum atomic E-state index is 12.2. The van der Waals surface area contributed by atoms with E-state index in [1.807, 2.05) is 54.6 Å². The summed E-state index contributed by atoms with van der Waals surface area (Å²) in [6.07, 6.45) is 1.49. The molecule has 8 nitrogen and oxygen atoms in total. The van der Waals surface area contributed by atoms with Crippen LogP contribution in [0.25, 0.3) is 16.7 Å². The van der Waals surface area contributed by atoms with Crippen LogP contribution in [-0.4, -0.2) is 36.1 Å². The number of aromatic nitrogens is 6. The van der Waals surface area contributed by atoms with Crippen molar-refractivity contribution < 1.29 is 4.79 Å². The van der Waals surface area contributed by atoms with Crippen LogP contribution in [0.15, 0.2) is 60.8 Å². The zero-order chi connectivity index (χ0) is 16.4. The molecule has 2 aromatic heterocycles. The predicted molar refractivity (Wildman–Crippen MR) is 86.6 cm³/mol. The molecule has 0 saturated carbocycles. The summed E-state index contributed by atoms with van der Waals surface area (Å²) < 4.78 is 0. The highest BCUT2D eigenvalue weighted by atomic mass is 16.2. The smallest absolute Gasteiger partial charge is 0.298 e. The van der Waals surface area contributed by atoms with Gasteiger partial charge in [0, 0.05) is 0 Å². The van der Waals surface area contributed by atoms with Gasteiger partial charge in [-0.15, -0.1) is 15.0 Å². The third-order valence-electron chi connectivity index (χ3n) is 3.29. The number of hydrogen-bond donors (Lipinski definition) is 1. The Bertz CT molecular complexity index is 1010. The third kappa shape index (κ3) is 2.68. The molecule has 24 heavy (non-hydrogen) atoms. The summed E-state index contributed by atoms with van der Waals surface area (Å²) in [5.74, 6) is -0.217. The summed E-state index contributed by atoms with van der Waals surface area (Å²) in [4.78, 5) is 22.1. The molecule has 1 N–H and O–H groups in total. The lowest BCUT2D eigenvalue weighted by Crippen LogP contribution is -2.15. The molecule has 0 aliphatic rings. The van der Waals surface area contributed by atoms with Gasteiger partial charge in [-0.1, -0.05) is 30.3 Å². The van der Waals surface area contributed by atoms with E-state index in [0.29, 0.717) is 11.3 Å². The van der Waals surface area contributed by atoms with Gasteiger partial charge < -0.3 is 5.32 Å². The van der Waals surface area contributed by atoms with Gasteiger partial charge in [0.2, 0.25) is 0 Å². The van der Waals surface area contributed by atoms with Crippen LogP contribution in [0, 0.1) is 0 Å². The first-order valence-electron chi connectivity index (χ1n) is 7.18. The van der Waals surface area contributed by atoms with Crippen molar-refractivity contribution in [1.82, 2.24) is 30.2 Å². The van der Waals surface area contributed by atoms with Crippen LogP contribution in [0.1, 0.15) is 10.6 Å². The molecule has 4 aromatic rings. The Labute approximate surface area is 136 Å². The summed E-state index contributed by atoms with van der Waals surface area (Å²) in [6.45, 7) is 0. The van der Waals surface area contributed by atoms with Crippen molar-refractivity contribution in [3.05, 3.63) is 66.6 Å². The maximum absolute atomic E-state index is 12.2. The first-order valence-corrected chi connectivity index (χ1v) is 7.18. The number of fused-ring (bicyclic) bond motifs is 1. The zero-order valence-corrected chi connectivity index (χ0v) is 12.4. The SMILES string of the molecule is O=C(Nc1cnc2ccccc2n1)c1nnn(-c2ccccc2)n1. The molecular weight excluding hydrogens is 306 g/mol. The fourth-order valence-corrected chi connectivity index (χ4v) is 2.17. The lowest BCUT2D eigenvalue weighted by molar-refractivity contribution is 0.101. The van der Waals surface area contributed by atoms with Crippen molar-refractivity contribution in [3.63, 3.8) is 0 Å². The first-order chi connectivity index (χ1) is 11.8. The molecule has 0 bridgehead atoms. The molecular formula is C16H11N7O. The van der Waals surface area contributed by atoms with Gasteiger partial charge in [0.25, 0.3) is 11.7 Å². The minimum Gasteiger partial charge on any atom is -0.302 e. The van der Waals surface area contributed by atoms with Crippen LogP contribution in [0.5, 0.6) is 0 Å². The molecule has 0 aliphatic heterocycles. The number of carbonyl (C=O) groups is 1. The van der Waals surface area contributed by atoms with Crippen molar-refractivity contribution in [1.29, 1.82) is 0 Å². The fraction of sp³-hybridized carbons (Fsp3) is 0. The van der Waals surface area contributed by atoms with Crippen molar-refractivity contribution in [2.24, 2.45) is 0 Å². The van der Waals surface area contributed by atoms with E-state index in [1.54, 1.807) is 0 Å². The highest BCUT2D eigenvalue weighted by Crippen LogP contribution is 2.11. The maximum Gasteiger partial charge on any atom is 0.298 e. The Hall–Kier alpha value is -3.68. The summed E-state index contributed by atoms with van der Waals surface area (Å²) in [6, 6.07) is 16.6. The second-order valence-corrected chi connectivity index (χ2v) is 4.94. The van der Waals surface area contributed by atoms with Gasteiger partial charge in [-0.2, -0.15) is 0 Å². The van der Waals surface area contributed by atoms with Gasteiger partial charge >= 0.3 is 0 Å². The molecule has 4 rings (SSSR count). The molecule has 2 aromatic carbocycles. The number of rotatable bonds is 3. The third-order valence-corrected chi connectivity index (χ3v) is 3.29. The van der Waals surface area contributed by atoms with Gasteiger partial charge in [0.05, 0.1) is 22.9 Å². The molecule has 1 amide bonds. The topological polar surface area (TPSA) is 98.5 Å². The van der Waals surface area contributed by atoms with E-state index in [-0.39, 0.29) is 5.82 Å². The highest BCUT2D eigenvalue weighted by Gasteiger charge is 2.14. The molecule has 0 saturated heterocycles. The van der Waals surface area contributed by atoms with Gasteiger partial charge in [-0.05, 0) is 29.5 Å². The molecule has 0 unspecified atom stereocenters. The molecule has 0 radical (unpaired) electrons. The lowest BCUT2D eigenvalue weighted by atomic mass is 10.3. The Kier molecular flexibility index (Phi) is 3.39. The summed E-state index contributed by atoms with van der Waals surface area (Å²) in [7, 11) is 0. The minimum atomic E-state index is -0.498. The number of anilines is 1. The molecule has 116 valence electrons. The van der Waals surface area contributed by atoms with Gasteiger partial charge in [-0.25, -0.2) is 4.98 Å². The van der Waals surface area contributed by atoms with E-state index in [4.69, 9.17) is 0 Å². The van der Waals surface area contributed by atoms with E-state index < -0.39 is 5.91 Å². The van der Waals surface area contributed by atoms with Gasteiger partial charge in [-0.3, -0.25) is 9.78 Å². The standard InChI is InChI=1S/C16H11N7O/c24-16(15-20-22-23(21-15)11-6-2-1-3-7-11)19-14-10-17-12-8-4-5-9-13(12)18-14/h1-10H,(H,18,19,24). The Morgan fingerprint density at radius 1 is 0.958 bits per heavy atom. The summed E-state index contributed by atoms with van der Waals surface area (Å²) in [5.41, 5.74) is 2.16. The lowest BCUT2D eigenvalue weighted by Gasteiger charge is -2.02. The number of para-hydroxylation sites is 3. The quantitative estimate of drug-likeness (QED) is 0.619. The average Bonchev–Trinajstić information content (AvgIpc) is 3.13. The van der Waals surface area contributed by atoms with Crippen LogP contribution in [0.4, 0.5) is 5.82 Å². The number of hydrogen-bond acceptors (Lipinski definition) is 6. The molecule has 8 heteroatoms. The van der Waals surface area contributed by atoms with Crippen molar-refractivity contribution in [3.8, 4) is 5.69 Å². The van der Waals surface area contributed by atoms with Crippen molar-refractivity contribution in [2.75, 3.05) is 5.32 Å². The largest absolute Gasteiger partial charge is 0.302 e. The summed E-state index contributed by atoms with van der Waals surface area (Å²) in [5, 5.41) is 14.3. The van der Waals surface area contributed by atoms with Crippen molar-refractivity contribution >= 4 is 22.8 Å². The molecule has 0 fully saturated rings. The van der Waals surface area contributed by atoms with E-state index >= 15 is 0 Å². The van der Waals surface area contributed by atoms with Crippen LogP contribution < -0.4 is 5.32 Å². The zero-order valence-electron chi connectivity index (χ0n) is 12.4. The average molecular weight is 317 g/mol. The second-order valence-electron chi connectivity index (χ2n) is 4.94. The fourth-order valence-electron chi connectivity index (χ4n) is 2.17. The minimum absolute atomic E-state index is 0.0474. The second kappa shape index (κ2) is 5.84. The molecule has 0 aliphatic carbocycles. The molecule has 0 spiro atoms. The number of nitrogens with one attached hydrogen (secondary N) is 1. The van der Waals surface area contributed by atoms with Crippen LogP contribution >= 0.6 is 0 Å². The molecule has 0 atom stereocenters. The molecule has 2 heterocycles. The Balaban J connectivity index is 1.56. The number of amides is 1. The highest BCUT2D eigenvalue weighted by molar-refractivity contribution is 6.01. The van der Waals surface area contributed by atoms with Gasteiger partial charge in [0.15, 0.2) is 5.82 Å². The van der Waals surface area contributed by atoms with Crippen molar-refractivity contribution in [2.45, 2.75) is 0 Å². The van der Waals surface area contributed by atoms with E-state index in [0.717, 1.165) is 11.2 Å². The normalized spacial score (nSPS) is 10.7.